The molecule has 6 rings (SSSR count). The van der Waals surface area contributed by atoms with Crippen molar-refractivity contribution in [1.82, 2.24) is 0 Å². The van der Waals surface area contributed by atoms with E-state index in [0.717, 1.165) is 16.5 Å². The predicted octanol–water partition coefficient (Wildman–Crippen LogP) is 4.83. The number of hydrogen-bond acceptors (Lipinski definition) is 0. The molecule has 0 saturated carbocycles. The molecule has 0 nitrogen and oxygen atoms in total. The van der Waals surface area contributed by atoms with Gasteiger partial charge in [-0.15, -0.1) is 5.56 Å². The van der Waals surface area contributed by atoms with Gasteiger partial charge in [0, 0.05) is 0 Å². The Morgan fingerprint density at radius 2 is 1.37 bits per heavy atom. The summed E-state index contributed by atoms with van der Waals surface area (Å²) >= 11 is 13.1. The molecule has 43 heavy (non-hydrogen) atoms. The summed E-state index contributed by atoms with van der Waals surface area (Å²) in [6, 6.07) is 40.8. The van der Waals surface area contributed by atoms with Crippen LogP contribution in [0.1, 0.15) is 67.5 Å². The van der Waals surface area contributed by atoms with Crippen molar-refractivity contribution in [3.8, 4) is 11.1 Å². The second-order valence-corrected chi connectivity index (χ2v) is 13.4. The molecule has 0 aromatic heterocycles. The zero-order chi connectivity index (χ0) is 29.4. The van der Waals surface area contributed by atoms with Gasteiger partial charge in [0.1, 0.15) is 0 Å². The standard InChI is InChI=1S/C13H8Cl2.C13H9.C12H19.2ClH.Zr/c14-12-5-1-10(2-6-12)9-11-3-7-13(15)8-4-11;1-3-7-12-10(5-1)9-11-6-2-4-8-13(11)12;1-5-6-10-7-8-11(9-10)12(2,3)4;;;/h1-8H;1-5,7-8H,9H2;7-9H,5-6H2,1-4H3;2*1H;/q;2*-1;;;+2/p-2. The topological polar surface area (TPSA) is 0 Å². The van der Waals surface area contributed by atoms with Gasteiger partial charge in [-0.3, -0.25) is 0 Å². The SMILES string of the molecule is CCCc1cc(C(C)(C)C)c[cH-]1.Clc1ccc([C](=[Zr+2])c2ccc(Cl)cc2)cc1.[Cl-].[Cl-].[c-]1cccc2c1Cc1ccccc1-2. The third-order valence-corrected chi connectivity index (χ3v) is 9.03. The van der Waals surface area contributed by atoms with E-state index in [2.05, 4.69) is 88.4 Å². The van der Waals surface area contributed by atoms with Gasteiger partial charge in [0.15, 0.2) is 0 Å². The first-order valence-electron chi connectivity index (χ1n) is 14.1. The normalized spacial score (nSPS) is 10.9. The first-order chi connectivity index (χ1) is 19.7. The minimum Gasteiger partial charge on any atom is -1.00 e. The fraction of sp³-hybridized carbons (Fsp3) is 0.211. The number of halogens is 4. The third-order valence-electron chi connectivity index (χ3n) is 7.10. The predicted molar refractivity (Wildman–Crippen MR) is 174 cm³/mol. The molecule has 5 heteroatoms. The molecule has 0 spiro atoms. The van der Waals surface area contributed by atoms with Crippen molar-refractivity contribution < 1.29 is 49.0 Å². The molecule has 0 unspecified atom stereocenters. The summed E-state index contributed by atoms with van der Waals surface area (Å²) in [5, 5.41) is 1.53. The van der Waals surface area contributed by atoms with Crippen LogP contribution in [-0.2, 0) is 42.5 Å². The van der Waals surface area contributed by atoms with E-state index < -0.39 is 0 Å². The molecule has 0 aliphatic heterocycles. The van der Waals surface area contributed by atoms with E-state index >= 15 is 0 Å². The molecule has 0 saturated heterocycles. The van der Waals surface area contributed by atoms with Crippen molar-refractivity contribution in [3.63, 3.8) is 0 Å². The number of hydrogen-bond donors (Lipinski definition) is 0. The van der Waals surface area contributed by atoms with Gasteiger partial charge in [0.2, 0.25) is 0 Å². The largest absolute Gasteiger partial charge is 1.00 e. The van der Waals surface area contributed by atoms with Crippen molar-refractivity contribution >= 4 is 26.4 Å². The van der Waals surface area contributed by atoms with Crippen molar-refractivity contribution in [2.75, 3.05) is 0 Å². The molecular weight excluding hydrogens is 689 g/mol. The van der Waals surface area contributed by atoms with Crippen LogP contribution in [0.5, 0.6) is 0 Å². The monoisotopic (exact) mass is 722 g/mol. The van der Waals surface area contributed by atoms with Gasteiger partial charge in [0.25, 0.3) is 0 Å². The van der Waals surface area contributed by atoms with Gasteiger partial charge in [-0.05, 0) is 6.42 Å². The minimum absolute atomic E-state index is 0. The van der Waals surface area contributed by atoms with Gasteiger partial charge in [-0.25, -0.2) is 6.07 Å². The Labute approximate surface area is 295 Å². The molecule has 0 N–H and O–H groups in total. The number of rotatable bonds is 4. The second-order valence-electron chi connectivity index (χ2n) is 11.3. The van der Waals surface area contributed by atoms with E-state index in [1.54, 1.807) is 0 Å². The summed E-state index contributed by atoms with van der Waals surface area (Å²) in [5.41, 5.74) is 11.2. The van der Waals surface area contributed by atoms with Crippen LogP contribution in [-0.4, -0.2) is 3.21 Å². The van der Waals surface area contributed by atoms with Gasteiger partial charge in [0.05, 0.1) is 0 Å². The van der Waals surface area contributed by atoms with Crippen LogP contribution in [0.2, 0.25) is 10.0 Å². The Morgan fingerprint density at radius 1 is 0.814 bits per heavy atom. The Balaban J connectivity index is 0.000000222. The molecule has 222 valence electrons. The molecule has 0 bridgehead atoms. The average molecular weight is 726 g/mol. The molecule has 1 aliphatic rings. The average Bonchev–Trinajstić information content (AvgIpc) is 3.60. The van der Waals surface area contributed by atoms with Crippen LogP contribution in [0.25, 0.3) is 11.1 Å². The summed E-state index contributed by atoms with van der Waals surface area (Å²) in [5.74, 6) is 0. The number of benzene rings is 4. The van der Waals surface area contributed by atoms with E-state index in [1.165, 1.54) is 84.8 Å². The van der Waals surface area contributed by atoms with E-state index in [-0.39, 0.29) is 24.8 Å². The Bertz CT molecular complexity index is 1480. The quantitative estimate of drug-likeness (QED) is 0.229. The maximum Gasteiger partial charge on any atom is -0.0253 e. The van der Waals surface area contributed by atoms with Crippen LogP contribution >= 0.6 is 23.2 Å². The smallest absolute Gasteiger partial charge is 0.0253 e. The minimum atomic E-state index is 0. The van der Waals surface area contributed by atoms with Crippen LogP contribution in [0, 0.1) is 6.07 Å². The molecule has 0 atom stereocenters. The zero-order valence-corrected chi connectivity index (χ0v) is 30.5. The van der Waals surface area contributed by atoms with Crippen LogP contribution in [0.15, 0.2) is 109 Å². The van der Waals surface area contributed by atoms with Gasteiger partial charge >= 0.3 is 120 Å². The van der Waals surface area contributed by atoms with Gasteiger partial charge in [-0.1, -0.05) is 81.3 Å². The molecule has 0 radical (unpaired) electrons. The molecular formula is C38H36Cl4Zr-2. The first-order valence-corrected chi connectivity index (χ1v) is 16.1. The van der Waals surface area contributed by atoms with Crippen LogP contribution < -0.4 is 24.8 Å². The summed E-state index contributed by atoms with van der Waals surface area (Å²) in [7, 11) is 0. The summed E-state index contributed by atoms with van der Waals surface area (Å²) < 4.78 is 1.31. The van der Waals surface area contributed by atoms with Crippen molar-refractivity contribution in [3.05, 3.63) is 159 Å². The second kappa shape index (κ2) is 17.6. The zero-order valence-electron chi connectivity index (χ0n) is 25.0. The Hall–Kier alpha value is -1.86. The summed E-state index contributed by atoms with van der Waals surface area (Å²) in [6.45, 7) is 9.01. The molecule has 0 heterocycles. The van der Waals surface area contributed by atoms with Crippen LogP contribution in [0.3, 0.4) is 0 Å². The van der Waals surface area contributed by atoms with E-state index in [0.29, 0.717) is 5.41 Å². The fourth-order valence-corrected chi connectivity index (χ4v) is 5.87. The maximum atomic E-state index is 5.86. The van der Waals surface area contributed by atoms with Crippen molar-refractivity contribution in [1.29, 1.82) is 0 Å². The molecule has 0 fully saturated rings. The Morgan fingerprint density at radius 3 is 1.91 bits per heavy atom. The van der Waals surface area contributed by atoms with E-state index in [4.69, 9.17) is 23.2 Å². The van der Waals surface area contributed by atoms with Crippen molar-refractivity contribution in [2.45, 2.75) is 52.4 Å². The molecule has 1 aliphatic carbocycles. The summed E-state index contributed by atoms with van der Waals surface area (Å²) in [6.07, 6.45) is 3.51. The van der Waals surface area contributed by atoms with Crippen LogP contribution in [0.4, 0.5) is 0 Å². The fourth-order valence-electron chi connectivity index (χ4n) is 4.80. The Kier molecular flexibility index (Phi) is 15.3. The number of fused-ring (bicyclic) bond motifs is 3. The third kappa shape index (κ3) is 10.6. The molecule has 5 aromatic rings. The van der Waals surface area contributed by atoms with Crippen molar-refractivity contribution in [2.24, 2.45) is 0 Å². The van der Waals surface area contributed by atoms with E-state index in [9.17, 15) is 0 Å². The molecule has 0 amide bonds. The first kappa shape index (κ1) is 37.3. The number of aryl methyl sites for hydroxylation is 1. The molecule has 5 aromatic carbocycles. The van der Waals surface area contributed by atoms with E-state index in [1.807, 2.05) is 54.6 Å². The van der Waals surface area contributed by atoms with Gasteiger partial charge < -0.3 is 24.8 Å². The maximum absolute atomic E-state index is 5.86. The van der Waals surface area contributed by atoms with Gasteiger partial charge in [-0.2, -0.15) is 53.1 Å². The summed E-state index contributed by atoms with van der Waals surface area (Å²) in [4.78, 5) is 0.